The summed E-state index contributed by atoms with van der Waals surface area (Å²) in [6.45, 7) is 23.4. The van der Waals surface area contributed by atoms with Crippen LogP contribution in [0.25, 0.3) is 0 Å². The normalized spacial score (nSPS) is 14.0. The number of ether oxygens (including phenoxy) is 4. The highest BCUT2D eigenvalue weighted by molar-refractivity contribution is 6.41. The minimum atomic E-state index is -1.19. The lowest BCUT2D eigenvalue weighted by Crippen LogP contribution is -2.44. The maximum Gasteiger partial charge on any atom is 0.275 e. The Balaban J connectivity index is 0.00000155. The molecule has 0 atom stereocenters. The molecule has 12 rings (SSSR count). The van der Waals surface area contributed by atoms with Gasteiger partial charge in [0.1, 0.15) is 64.9 Å². The second kappa shape index (κ2) is 30.8. The van der Waals surface area contributed by atoms with E-state index in [1.807, 2.05) is 97.1 Å². The van der Waals surface area contributed by atoms with Crippen LogP contribution in [0.5, 0.6) is 34.5 Å². The number of anilines is 4. The van der Waals surface area contributed by atoms with Crippen LogP contribution in [0.15, 0.2) is 180 Å². The molecule has 0 aromatic heterocycles. The van der Waals surface area contributed by atoms with Crippen molar-refractivity contribution in [2.24, 2.45) is 10.2 Å². The van der Waals surface area contributed by atoms with Crippen LogP contribution < -0.4 is 38.5 Å². The number of benzene rings is 8. The number of aliphatic hydroxyl groups is 1. The summed E-state index contributed by atoms with van der Waals surface area (Å²) in [5, 5.41) is 25.5. The molecule has 0 unspecified atom stereocenters. The zero-order chi connectivity index (χ0) is 66.7. The van der Waals surface area contributed by atoms with Crippen LogP contribution in [0.1, 0.15) is 121 Å². The van der Waals surface area contributed by atoms with E-state index in [1.165, 1.54) is 0 Å². The van der Waals surface area contributed by atoms with E-state index in [2.05, 4.69) is 148 Å². The summed E-state index contributed by atoms with van der Waals surface area (Å²) < 4.78 is 26.6. The van der Waals surface area contributed by atoms with E-state index in [0.29, 0.717) is 56.8 Å². The van der Waals surface area contributed by atoms with Gasteiger partial charge in [-0.05, 0) is 116 Å². The molecule has 1 N–H and O–H groups in total. The van der Waals surface area contributed by atoms with E-state index in [9.17, 15) is 5.11 Å². The van der Waals surface area contributed by atoms with Gasteiger partial charge in [0.05, 0.1) is 23.1 Å². The number of para-hydroxylation sites is 2. The van der Waals surface area contributed by atoms with Crippen molar-refractivity contribution in [3.63, 3.8) is 0 Å². The zero-order valence-corrected chi connectivity index (χ0v) is 57.4. The fraction of sp³-hybridized carbons (Fsp3) is 0.307. The van der Waals surface area contributed by atoms with E-state index in [1.54, 1.807) is 22.4 Å². The molecule has 0 bridgehead atoms. The van der Waals surface area contributed by atoms with Crippen LogP contribution in [0, 0.1) is 0 Å². The number of hydrogen-bond acceptors (Lipinski definition) is 13. The topological polar surface area (TPSA) is 135 Å². The molecule has 2 amide bonds. The predicted octanol–water partition coefficient (Wildman–Crippen LogP) is 16.5. The first-order chi connectivity index (χ1) is 45.8. The molecule has 0 fully saturated rings. The molecule has 8 aromatic carbocycles. The number of nitrogens with zero attached hydrogens (tertiary/aromatic N) is 8. The quantitative estimate of drug-likeness (QED) is 0.0513. The Morgan fingerprint density at radius 3 is 1.00 bits per heavy atom. The number of alkyl halides is 4. The molecule has 490 valence electrons. The number of hydrogen-bond donors (Lipinski definition) is 1. The molecule has 2 spiro atoms. The molecular formula is C75H80Cl4N8O7. The van der Waals surface area contributed by atoms with Gasteiger partial charge in [0.25, 0.3) is 11.8 Å². The largest absolute Gasteiger partial charge is 0.490 e. The van der Waals surface area contributed by atoms with E-state index >= 15 is 9.59 Å². The number of halogens is 4. The molecule has 8 aromatic rings. The van der Waals surface area contributed by atoms with Crippen molar-refractivity contribution in [3.8, 4) is 34.5 Å². The van der Waals surface area contributed by atoms with Gasteiger partial charge in [-0.2, -0.15) is 10.2 Å². The first-order valence-electron chi connectivity index (χ1n) is 32.1. The van der Waals surface area contributed by atoms with Gasteiger partial charge in [0.2, 0.25) is 0 Å². The van der Waals surface area contributed by atoms with Crippen LogP contribution in [-0.2, 0) is 11.1 Å². The molecule has 0 saturated heterocycles. The fourth-order valence-corrected chi connectivity index (χ4v) is 13.4. The highest BCUT2D eigenvalue weighted by Crippen LogP contribution is 2.60. The van der Waals surface area contributed by atoms with E-state index < -0.39 is 17.2 Å². The second-order valence-electron chi connectivity index (χ2n) is 22.4. The van der Waals surface area contributed by atoms with E-state index in [-0.39, 0.29) is 35.7 Å². The molecule has 0 radical (unpaired) electrons. The Hall–Kier alpha value is -8.44. The van der Waals surface area contributed by atoms with E-state index in [4.69, 9.17) is 75.6 Å². The van der Waals surface area contributed by atoms with Crippen molar-refractivity contribution in [2.45, 2.75) is 72.6 Å². The Morgan fingerprint density at radius 2 is 0.702 bits per heavy atom. The van der Waals surface area contributed by atoms with Gasteiger partial charge in [-0.3, -0.25) is 9.59 Å². The summed E-state index contributed by atoms with van der Waals surface area (Å²) in [7, 11) is 0. The summed E-state index contributed by atoms with van der Waals surface area (Å²) >= 11 is 19.1. The molecule has 4 aliphatic heterocycles. The van der Waals surface area contributed by atoms with Crippen molar-refractivity contribution < 1.29 is 33.6 Å². The summed E-state index contributed by atoms with van der Waals surface area (Å²) in [6.07, 6.45) is 2.23. The van der Waals surface area contributed by atoms with Crippen molar-refractivity contribution >= 4 is 93.4 Å². The van der Waals surface area contributed by atoms with Gasteiger partial charge < -0.3 is 43.7 Å². The summed E-state index contributed by atoms with van der Waals surface area (Å²) in [6, 6.07) is 55.3. The third-order valence-electron chi connectivity index (χ3n) is 17.8. The van der Waals surface area contributed by atoms with Gasteiger partial charge >= 0.3 is 0 Å². The molecule has 15 nitrogen and oxygen atoms in total. The molecule has 19 heteroatoms. The first-order valence-corrected chi connectivity index (χ1v) is 34.2. The van der Waals surface area contributed by atoms with Crippen molar-refractivity contribution in [2.75, 3.05) is 95.8 Å². The smallest absolute Gasteiger partial charge is 0.275 e. The molecule has 4 aliphatic rings. The Morgan fingerprint density at radius 1 is 0.426 bits per heavy atom. The third kappa shape index (κ3) is 12.7. The fourth-order valence-electron chi connectivity index (χ4n) is 13.4. The standard InChI is InChI=1S/C73H76N8O7.2CH2Cl2/c1-9-76(10-2)51-33-37-60-66(41-51)87-67-42-52(77(11-3)12-4)34-38-61(67)72(60)58-29-21-19-27-56(58)70(83)80(72)74-45-49-25-17-23-31-64(49)85-47-55(82)48-86-65-32-24-18-26-50(65)46-75-81-71(84)57-28-20-22-30-59(57)73(81)62-39-35-53(78(13-5)14-6)43-68(62)88-69-44-54(36-40-63(69)73)79(15-7)16-8;2*2-1-3/h17-46,55,82H,9-16,47-48H2,1-8H3;2*1H2/b74-45+,75-46+;;. The van der Waals surface area contributed by atoms with E-state index in [0.717, 1.165) is 108 Å². The maximum atomic E-state index is 15.0. The lowest BCUT2D eigenvalue weighted by atomic mass is 9.75. The Bertz CT molecular complexity index is 3660. The average molecular weight is 1350 g/mol. The minimum Gasteiger partial charge on any atom is -0.490 e. The zero-order valence-electron chi connectivity index (χ0n) is 54.4. The number of amides is 2. The number of fused-ring (bicyclic) bond motifs is 12. The Labute approximate surface area is 572 Å². The van der Waals surface area contributed by atoms with Gasteiger partial charge in [0.15, 0.2) is 0 Å². The van der Waals surface area contributed by atoms with Crippen LogP contribution in [-0.4, -0.2) is 122 Å². The number of carbonyl (C=O) groups is 2. The van der Waals surface area contributed by atoms with Crippen LogP contribution in [0.2, 0.25) is 0 Å². The monoisotopic (exact) mass is 1340 g/mol. The first kappa shape index (κ1) is 68.4. The van der Waals surface area contributed by atoms with Crippen LogP contribution in [0.4, 0.5) is 22.7 Å². The summed E-state index contributed by atoms with van der Waals surface area (Å²) in [5.41, 5.74) is 8.77. The minimum absolute atomic E-state index is 0.128. The highest BCUT2D eigenvalue weighted by Gasteiger charge is 2.59. The molecule has 0 aliphatic carbocycles. The van der Waals surface area contributed by atoms with Gasteiger partial charge in [-0.1, -0.05) is 84.9 Å². The molecule has 4 heterocycles. The molecule has 0 saturated carbocycles. The maximum absolute atomic E-state index is 15.0. The SMILES string of the molecule is CCN(CC)c1ccc2c(c1)Oc1cc(N(CC)CC)ccc1C21c2ccccc2C(=O)N1/N=C/c1ccccc1OCC(O)COc1ccccc1/C=N/N1C(=O)c2ccccc2C12c1ccc(N(CC)CC)cc1Oc1cc(N(CC)CC)ccc12.ClCCl.ClCCl. The second-order valence-corrected chi connectivity index (χ2v) is 24.0. The van der Waals surface area contributed by atoms with Crippen molar-refractivity contribution in [1.82, 2.24) is 10.0 Å². The summed E-state index contributed by atoms with van der Waals surface area (Å²) in [4.78, 5) is 39.2. The van der Waals surface area contributed by atoms with Crippen molar-refractivity contribution in [1.29, 1.82) is 0 Å². The van der Waals surface area contributed by atoms with Crippen LogP contribution >= 0.6 is 46.4 Å². The predicted molar refractivity (Wildman–Crippen MR) is 383 cm³/mol. The number of aliphatic hydroxyl groups excluding tert-OH is 1. The van der Waals surface area contributed by atoms with Gasteiger partial charge in [0, 0.05) is 155 Å². The van der Waals surface area contributed by atoms with Gasteiger partial charge in [-0.25, -0.2) is 10.0 Å². The van der Waals surface area contributed by atoms with Crippen LogP contribution in [0.3, 0.4) is 0 Å². The van der Waals surface area contributed by atoms with Gasteiger partial charge in [-0.15, -0.1) is 46.4 Å². The number of rotatable bonds is 22. The Kier molecular flexibility index (Phi) is 22.4. The number of hydrazone groups is 2. The lowest BCUT2D eigenvalue weighted by molar-refractivity contribution is 0.0625. The summed E-state index contributed by atoms with van der Waals surface area (Å²) in [5.74, 6) is 2.98. The third-order valence-corrected chi connectivity index (χ3v) is 17.8. The molecular weight excluding hydrogens is 1270 g/mol. The average Bonchev–Trinajstić information content (AvgIpc) is 1.49. The highest BCUT2D eigenvalue weighted by atomic mass is 35.5. The number of carbonyl (C=O) groups excluding carboxylic acids is 2. The van der Waals surface area contributed by atoms with Crippen molar-refractivity contribution in [3.05, 3.63) is 225 Å². The lowest BCUT2D eigenvalue weighted by Gasteiger charge is -2.42. The molecule has 94 heavy (non-hydrogen) atoms.